The molecule has 0 aliphatic heterocycles. The summed E-state index contributed by atoms with van der Waals surface area (Å²) in [4.78, 5) is 24.3. The molecule has 0 fully saturated rings. The molecular weight excluding hydrogens is 295 g/mol. The van der Waals surface area contributed by atoms with Crippen LogP contribution in [0.15, 0.2) is 24.4 Å². The minimum absolute atomic E-state index is 0.00898. The second-order valence-corrected chi connectivity index (χ2v) is 5.07. The summed E-state index contributed by atoms with van der Waals surface area (Å²) in [6, 6.07) is 3.49. The molecule has 0 radical (unpaired) electrons. The molecule has 110 valence electrons. The number of aromatic nitrogens is 2. The molecule has 0 aliphatic rings. The maximum atomic E-state index is 13.0. The number of nitrogens with zero attached hydrogens (tertiary/aromatic N) is 2. The molecule has 0 atom stereocenters. The van der Waals surface area contributed by atoms with Crippen molar-refractivity contribution in [3.63, 3.8) is 0 Å². The average molecular weight is 309 g/mol. The van der Waals surface area contributed by atoms with Crippen LogP contribution in [0.5, 0.6) is 0 Å². The first-order valence-corrected chi connectivity index (χ1v) is 6.84. The van der Waals surface area contributed by atoms with Crippen molar-refractivity contribution in [1.29, 1.82) is 0 Å². The molecule has 0 saturated carbocycles. The van der Waals surface area contributed by atoms with Gasteiger partial charge >= 0.3 is 0 Å². The van der Waals surface area contributed by atoms with Crippen LogP contribution in [0.25, 0.3) is 0 Å². The fourth-order valence-electron chi connectivity index (χ4n) is 2.08. The summed E-state index contributed by atoms with van der Waals surface area (Å²) in [6.45, 7) is 1.89. The molecule has 0 spiro atoms. The molecule has 1 aromatic heterocycles. The minimum Gasteiger partial charge on any atom is -0.294 e. The van der Waals surface area contributed by atoms with Crippen molar-refractivity contribution in [2.24, 2.45) is 7.05 Å². The fraction of sp³-hybridized carbons (Fsp3) is 0.267. The highest BCUT2D eigenvalue weighted by Crippen LogP contribution is 2.20. The molecule has 0 saturated heterocycles. The Balaban J connectivity index is 2.20. The second kappa shape index (κ2) is 6.18. The van der Waals surface area contributed by atoms with Gasteiger partial charge in [-0.2, -0.15) is 5.10 Å². The molecule has 0 bridgehead atoms. The lowest BCUT2D eigenvalue weighted by Gasteiger charge is -2.03. The van der Waals surface area contributed by atoms with E-state index < -0.39 is 11.6 Å². The Morgan fingerprint density at radius 2 is 1.95 bits per heavy atom. The molecule has 0 aliphatic carbocycles. The predicted molar refractivity (Wildman–Crippen MR) is 77.3 cm³/mol. The number of carbonyl (C=O) groups excluding carboxylic acids is 2. The van der Waals surface area contributed by atoms with Crippen LogP contribution in [0, 0.1) is 5.82 Å². The van der Waals surface area contributed by atoms with E-state index in [9.17, 15) is 14.0 Å². The molecule has 0 unspecified atom stereocenters. The Labute approximate surface area is 126 Å². The summed E-state index contributed by atoms with van der Waals surface area (Å²) in [5.41, 5.74) is 1.24. The van der Waals surface area contributed by atoms with E-state index >= 15 is 0 Å². The number of halogens is 2. The van der Waals surface area contributed by atoms with Crippen molar-refractivity contribution < 1.29 is 14.0 Å². The number of Topliss-reactive ketones (excluding diaryl/α,β-unsaturated/α-hetero) is 2. The fourth-order valence-corrected chi connectivity index (χ4v) is 2.35. The van der Waals surface area contributed by atoms with Gasteiger partial charge in [0, 0.05) is 18.8 Å². The van der Waals surface area contributed by atoms with E-state index in [-0.39, 0.29) is 22.8 Å². The van der Waals surface area contributed by atoms with Gasteiger partial charge in [0.2, 0.25) is 0 Å². The van der Waals surface area contributed by atoms with Crippen molar-refractivity contribution in [3.8, 4) is 0 Å². The van der Waals surface area contributed by atoms with Crippen LogP contribution in [0.3, 0.4) is 0 Å². The lowest BCUT2D eigenvalue weighted by atomic mass is 10.0. The van der Waals surface area contributed by atoms with E-state index in [0.29, 0.717) is 17.7 Å². The van der Waals surface area contributed by atoms with E-state index in [2.05, 4.69) is 5.10 Å². The molecule has 2 rings (SSSR count). The third kappa shape index (κ3) is 3.36. The zero-order valence-corrected chi connectivity index (χ0v) is 12.4. The molecule has 0 amide bonds. The Hall–Kier alpha value is -2.01. The van der Waals surface area contributed by atoms with Crippen molar-refractivity contribution in [3.05, 3.63) is 52.1 Å². The maximum Gasteiger partial charge on any atom is 0.174 e. The number of hydrogen-bond acceptors (Lipinski definition) is 3. The highest BCUT2D eigenvalue weighted by atomic mass is 35.5. The van der Waals surface area contributed by atoms with Gasteiger partial charge in [-0.15, -0.1) is 0 Å². The molecule has 1 heterocycles. The smallest absolute Gasteiger partial charge is 0.174 e. The Morgan fingerprint density at radius 3 is 2.57 bits per heavy atom. The molecule has 21 heavy (non-hydrogen) atoms. The summed E-state index contributed by atoms with van der Waals surface area (Å²) in [7, 11) is 1.72. The Kier molecular flexibility index (Phi) is 4.53. The number of hydrogen-bond donors (Lipinski definition) is 0. The second-order valence-electron chi connectivity index (χ2n) is 4.66. The zero-order chi connectivity index (χ0) is 15.6. The van der Waals surface area contributed by atoms with E-state index in [0.717, 1.165) is 12.1 Å². The van der Waals surface area contributed by atoms with E-state index in [1.807, 2.05) is 6.92 Å². The first-order valence-electron chi connectivity index (χ1n) is 6.46. The minimum atomic E-state index is -0.525. The van der Waals surface area contributed by atoms with Gasteiger partial charge in [0.1, 0.15) is 5.82 Å². The highest BCUT2D eigenvalue weighted by Gasteiger charge is 2.20. The molecule has 2 aromatic rings. The number of rotatable bonds is 5. The van der Waals surface area contributed by atoms with Crippen LogP contribution in [-0.4, -0.2) is 21.3 Å². The van der Waals surface area contributed by atoms with Crippen molar-refractivity contribution in [2.75, 3.05) is 0 Å². The van der Waals surface area contributed by atoms with Crippen molar-refractivity contribution in [1.82, 2.24) is 9.78 Å². The lowest BCUT2D eigenvalue weighted by molar-refractivity contribution is 0.0894. The number of benzene rings is 1. The third-order valence-corrected chi connectivity index (χ3v) is 3.41. The van der Waals surface area contributed by atoms with Crippen molar-refractivity contribution >= 4 is 23.2 Å². The first kappa shape index (κ1) is 15.4. The monoisotopic (exact) mass is 308 g/mol. The molecule has 6 heteroatoms. The zero-order valence-electron chi connectivity index (χ0n) is 11.7. The molecular formula is C15H14ClFN2O2. The summed E-state index contributed by atoms with van der Waals surface area (Å²) in [5.74, 6) is -1.27. The SMILES string of the molecule is CCc1nn(C)cc1C(=O)CC(=O)c1ccc(F)cc1Cl. The van der Waals surface area contributed by atoms with Gasteiger partial charge in [-0.3, -0.25) is 14.3 Å². The maximum absolute atomic E-state index is 13.0. The Bertz CT molecular complexity index is 710. The highest BCUT2D eigenvalue weighted by molar-refractivity contribution is 6.34. The first-order chi connectivity index (χ1) is 9.92. The van der Waals surface area contributed by atoms with Crippen LogP contribution in [0.4, 0.5) is 4.39 Å². The molecule has 1 aromatic carbocycles. The number of ketones is 2. The van der Waals surface area contributed by atoms with Crippen LogP contribution in [-0.2, 0) is 13.5 Å². The van der Waals surface area contributed by atoms with Gasteiger partial charge in [0.15, 0.2) is 11.6 Å². The topological polar surface area (TPSA) is 52.0 Å². The van der Waals surface area contributed by atoms with Crippen LogP contribution < -0.4 is 0 Å². The summed E-state index contributed by atoms with van der Waals surface area (Å²) >= 11 is 5.83. The van der Waals surface area contributed by atoms with Gasteiger partial charge in [0.25, 0.3) is 0 Å². The van der Waals surface area contributed by atoms with E-state index in [4.69, 9.17) is 11.6 Å². The summed E-state index contributed by atoms with van der Waals surface area (Å²) in [5, 5.41) is 4.18. The van der Waals surface area contributed by atoms with Crippen LogP contribution in [0.2, 0.25) is 5.02 Å². The van der Waals surface area contributed by atoms with Gasteiger partial charge in [-0.25, -0.2) is 4.39 Å². The van der Waals surface area contributed by atoms with Crippen LogP contribution >= 0.6 is 11.6 Å². The van der Waals surface area contributed by atoms with Gasteiger partial charge in [-0.1, -0.05) is 18.5 Å². The van der Waals surface area contributed by atoms with Crippen LogP contribution in [0.1, 0.15) is 39.8 Å². The quantitative estimate of drug-likeness (QED) is 0.629. The predicted octanol–water partition coefficient (Wildman–Crippen LogP) is 3.23. The number of carbonyl (C=O) groups is 2. The molecule has 4 nitrogen and oxygen atoms in total. The number of aryl methyl sites for hydroxylation is 2. The van der Waals surface area contributed by atoms with Gasteiger partial charge < -0.3 is 0 Å². The summed E-state index contributed by atoms with van der Waals surface area (Å²) in [6.07, 6.45) is 1.89. The van der Waals surface area contributed by atoms with Gasteiger partial charge in [0.05, 0.1) is 22.7 Å². The third-order valence-electron chi connectivity index (χ3n) is 3.09. The van der Waals surface area contributed by atoms with Crippen molar-refractivity contribution in [2.45, 2.75) is 19.8 Å². The van der Waals surface area contributed by atoms with E-state index in [1.165, 1.54) is 6.07 Å². The lowest BCUT2D eigenvalue weighted by Crippen LogP contribution is -2.10. The summed E-state index contributed by atoms with van der Waals surface area (Å²) < 4.78 is 14.5. The Morgan fingerprint density at radius 1 is 1.29 bits per heavy atom. The molecule has 0 N–H and O–H groups in total. The largest absolute Gasteiger partial charge is 0.294 e. The van der Waals surface area contributed by atoms with Gasteiger partial charge in [-0.05, 0) is 24.6 Å². The standard InChI is InChI=1S/C15H14ClFN2O2/c1-3-13-11(8-19(2)18-13)15(21)7-14(20)10-5-4-9(17)6-12(10)16/h4-6,8H,3,7H2,1-2H3. The normalized spacial score (nSPS) is 10.7. The van der Waals surface area contributed by atoms with E-state index in [1.54, 1.807) is 17.9 Å². The average Bonchev–Trinajstić information content (AvgIpc) is 2.79.